The Balaban J connectivity index is 1.77. The molecule has 3 unspecified atom stereocenters. The number of ether oxygens (including phenoxy) is 3. The minimum Gasteiger partial charge on any atom is -0.480 e. The van der Waals surface area contributed by atoms with Crippen LogP contribution in [0.2, 0.25) is 0 Å². The largest absolute Gasteiger partial charge is 0.480 e. The molecule has 3 fully saturated rings. The van der Waals surface area contributed by atoms with Gasteiger partial charge in [0.25, 0.3) is 0 Å². The summed E-state index contributed by atoms with van der Waals surface area (Å²) in [5, 5.41) is 12.3. The Hall–Kier alpha value is -3.56. The molecule has 3 aliphatic rings. The number of methoxy groups -OCH3 is 1. The fraction of sp³-hybridized carbons (Fsp3) is 0.795. The number of nitrogens with one attached hydrogen (secondary N) is 1. The number of likely N-dealkylation sites (tertiary alicyclic amines) is 1. The van der Waals surface area contributed by atoms with Gasteiger partial charge < -0.3 is 35.3 Å². The lowest BCUT2D eigenvalue weighted by Gasteiger charge is -2.34. The van der Waals surface area contributed by atoms with Gasteiger partial charge in [0.15, 0.2) is 17.3 Å². The van der Waals surface area contributed by atoms with Gasteiger partial charge in [-0.15, -0.1) is 0 Å². The number of aliphatic carboxylic acids is 1. The highest BCUT2D eigenvalue weighted by Gasteiger charge is 2.57. The topological polar surface area (TPSA) is 226 Å². The fourth-order valence-electron chi connectivity index (χ4n) is 7.74. The minimum atomic E-state index is -1.46. The smallest absolute Gasteiger partial charge is 0.317 e. The Labute approximate surface area is 318 Å². The molecule has 3 amide bonds. The molecular formula is C39H61N3O12. The van der Waals surface area contributed by atoms with E-state index >= 15 is 0 Å². The standard InChI is InChI=1S/C39H61N3O12/c1-4-6-13-29(36(40)48)41-34(46)15-14-31(43)35(47)26(10-5-2)20-32(44)30-21-27(54-24-53-19-18-52-3)23-42(30)37(49)28(25-11-8-7-9-12-25)22-33(45)39(16-17-39)38(50)51/h25-30H,4-24H2,1-3H3,(H2,40,48)(H,41,46)(H,50,51)/t26?,27-,28?,29?,30+/m1/s1. The Kier molecular flexibility index (Phi) is 18.4. The summed E-state index contributed by atoms with van der Waals surface area (Å²) in [6, 6.07) is -1.88. The molecule has 0 aromatic rings. The number of primary amides is 1. The second-order valence-electron chi connectivity index (χ2n) is 15.2. The zero-order valence-electron chi connectivity index (χ0n) is 32.3. The fourth-order valence-corrected chi connectivity index (χ4v) is 7.74. The lowest BCUT2D eigenvalue weighted by Crippen LogP contribution is -2.47. The molecule has 304 valence electrons. The van der Waals surface area contributed by atoms with Crippen molar-refractivity contribution in [3.05, 3.63) is 0 Å². The first kappa shape index (κ1) is 44.8. The van der Waals surface area contributed by atoms with Crippen molar-refractivity contribution in [2.24, 2.45) is 28.9 Å². The average molecular weight is 764 g/mol. The van der Waals surface area contributed by atoms with Crippen molar-refractivity contribution >= 4 is 46.8 Å². The Morgan fingerprint density at radius 2 is 1.63 bits per heavy atom. The summed E-state index contributed by atoms with van der Waals surface area (Å²) in [6.07, 6.45) is 5.43. The second-order valence-corrected chi connectivity index (χ2v) is 15.2. The molecule has 0 spiro atoms. The van der Waals surface area contributed by atoms with Gasteiger partial charge in [0.05, 0.1) is 25.4 Å². The number of hydrogen-bond donors (Lipinski definition) is 3. The first-order chi connectivity index (χ1) is 25.8. The maximum absolute atomic E-state index is 14.5. The van der Waals surface area contributed by atoms with Crippen LogP contribution in [0.3, 0.4) is 0 Å². The third-order valence-corrected chi connectivity index (χ3v) is 11.2. The summed E-state index contributed by atoms with van der Waals surface area (Å²) >= 11 is 0. The van der Waals surface area contributed by atoms with Gasteiger partial charge in [-0.3, -0.25) is 38.4 Å². The third kappa shape index (κ3) is 12.8. The Morgan fingerprint density at radius 1 is 0.926 bits per heavy atom. The highest BCUT2D eigenvalue weighted by atomic mass is 16.7. The number of Topliss-reactive ketones (excluding diaryl/α,β-unsaturated/α-hetero) is 4. The zero-order valence-corrected chi connectivity index (χ0v) is 32.3. The molecule has 0 bridgehead atoms. The molecule has 0 radical (unpaired) electrons. The van der Waals surface area contributed by atoms with Gasteiger partial charge in [0, 0.05) is 57.6 Å². The van der Waals surface area contributed by atoms with Crippen LogP contribution in [0.1, 0.15) is 123 Å². The third-order valence-electron chi connectivity index (χ3n) is 11.2. The summed E-state index contributed by atoms with van der Waals surface area (Å²) < 4.78 is 16.4. The van der Waals surface area contributed by atoms with Crippen LogP contribution in [0.4, 0.5) is 0 Å². The molecule has 15 heteroatoms. The number of nitrogens with two attached hydrogens (primary N) is 1. The van der Waals surface area contributed by atoms with Crippen molar-refractivity contribution in [1.29, 1.82) is 0 Å². The molecule has 2 saturated carbocycles. The highest BCUT2D eigenvalue weighted by molar-refractivity contribution is 6.38. The van der Waals surface area contributed by atoms with Gasteiger partial charge in [0.1, 0.15) is 18.2 Å². The van der Waals surface area contributed by atoms with E-state index in [1.165, 1.54) is 12.0 Å². The normalized spacial score (nSPS) is 21.1. The minimum absolute atomic E-state index is 0.0371. The number of ketones is 4. The molecule has 4 N–H and O–H groups in total. The van der Waals surface area contributed by atoms with Gasteiger partial charge in [-0.25, -0.2) is 0 Å². The Morgan fingerprint density at radius 3 is 2.22 bits per heavy atom. The molecule has 5 atom stereocenters. The van der Waals surface area contributed by atoms with E-state index < -0.39 is 88.7 Å². The number of nitrogens with zero attached hydrogens (tertiary/aromatic N) is 1. The van der Waals surface area contributed by atoms with Gasteiger partial charge in [0.2, 0.25) is 23.5 Å². The van der Waals surface area contributed by atoms with E-state index in [4.69, 9.17) is 19.9 Å². The number of carboxylic acid groups (broad SMARTS) is 1. The molecule has 1 saturated heterocycles. The summed E-state index contributed by atoms with van der Waals surface area (Å²) in [4.78, 5) is 106. The predicted octanol–water partition coefficient (Wildman–Crippen LogP) is 3.07. The second kappa shape index (κ2) is 22.1. The monoisotopic (exact) mass is 763 g/mol. The molecule has 3 rings (SSSR count). The van der Waals surface area contributed by atoms with Crippen LogP contribution < -0.4 is 11.1 Å². The summed E-state index contributed by atoms with van der Waals surface area (Å²) in [5.74, 6) is -7.27. The number of rotatable bonds is 27. The first-order valence-corrected chi connectivity index (χ1v) is 19.7. The number of carbonyl (C=O) groups excluding carboxylic acids is 7. The number of amides is 3. The van der Waals surface area contributed by atoms with Gasteiger partial charge >= 0.3 is 5.97 Å². The number of hydrogen-bond acceptors (Lipinski definition) is 11. The lowest BCUT2D eigenvalue weighted by atomic mass is 9.75. The van der Waals surface area contributed by atoms with Crippen molar-refractivity contribution in [2.45, 2.75) is 141 Å². The molecule has 0 aromatic heterocycles. The van der Waals surface area contributed by atoms with Crippen molar-refractivity contribution in [3.63, 3.8) is 0 Å². The van der Waals surface area contributed by atoms with Gasteiger partial charge in [-0.1, -0.05) is 52.4 Å². The molecule has 54 heavy (non-hydrogen) atoms. The van der Waals surface area contributed by atoms with E-state index in [2.05, 4.69) is 5.32 Å². The quantitative estimate of drug-likeness (QED) is 0.0475. The average Bonchev–Trinajstić information content (AvgIpc) is 3.87. The van der Waals surface area contributed by atoms with Crippen LogP contribution >= 0.6 is 0 Å². The molecule has 1 heterocycles. The van der Waals surface area contributed by atoms with Crippen molar-refractivity contribution in [3.8, 4) is 0 Å². The maximum atomic E-state index is 14.5. The zero-order chi connectivity index (χ0) is 39.8. The number of carbonyl (C=O) groups is 8. The molecule has 15 nitrogen and oxygen atoms in total. The first-order valence-electron chi connectivity index (χ1n) is 19.7. The molecule has 2 aliphatic carbocycles. The summed E-state index contributed by atoms with van der Waals surface area (Å²) in [5.41, 5.74) is 3.94. The van der Waals surface area contributed by atoms with Crippen molar-refractivity contribution in [2.75, 3.05) is 33.7 Å². The van der Waals surface area contributed by atoms with Crippen LogP contribution in [-0.2, 0) is 52.6 Å². The van der Waals surface area contributed by atoms with Crippen LogP contribution in [0.25, 0.3) is 0 Å². The SMILES string of the molecule is CCCCC(NC(=O)CCC(=O)C(=O)C(CCC)CC(=O)[C@@H]1C[C@@H](OCOCCOC)CN1C(=O)C(CC(=O)C1(C(=O)O)CC1)C1CCCCC1)C(N)=O. The molecule has 1 aliphatic heterocycles. The highest BCUT2D eigenvalue weighted by Crippen LogP contribution is 2.49. The van der Waals surface area contributed by atoms with Crippen molar-refractivity contribution in [1.82, 2.24) is 10.2 Å². The summed E-state index contributed by atoms with van der Waals surface area (Å²) in [7, 11) is 1.53. The maximum Gasteiger partial charge on any atom is 0.317 e. The lowest BCUT2D eigenvalue weighted by molar-refractivity contribution is -0.151. The number of unbranched alkanes of at least 4 members (excludes halogenated alkanes) is 1. The summed E-state index contributed by atoms with van der Waals surface area (Å²) in [6.45, 7) is 4.29. The number of carboxylic acids is 1. The van der Waals surface area contributed by atoms with E-state index in [1.807, 2.05) is 13.8 Å². The molecule has 0 aromatic carbocycles. The van der Waals surface area contributed by atoms with E-state index in [9.17, 15) is 43.5 Å². The van der Waals surface area contributed by atoms with E-state index in [0.29, 0.717) is 38.7 Å². The van der Waals surface area contributed by atoms with Crippen LogP contribution in [-0.4, -0.2) is 109 Å². The van der Waals surface area contributed by atoms with Crippen LogP contribution in [0.5, 0.6) is 0 Å². The van der Waals surface area contributed by atoms with Crippen molar-refractivity contribution < 1.29 is 57.7 Å². The van der Waals surface area contributed by atoms with Crippen LogP contribution in [0, 0.1) is 23.2 Å². The van der Waals surface area contributed by atoms with E-state index in [1.54, 1.807) is 0 Å². The van der Waals surface area contributed by atoms with E-state index in [-0.39, 0.29) is 70.8 Å². The predicted molar refractivity (Wildman–Crippen MR) is 195 cm³/mol. The molecular weight excluding hydrogens is 702 g/mol. The van der Waals surface area contributed by atoms with Gasteiger partial charge in [-0.05, 0) is 44.4 Å². The van der Waals surface area contributed by atoms with Gasteiger partial charge in [-0.2, -0.15) is 0 Å². The van der Waals surface area contributed by atoms with E-state index in [0.717, 1.165) is 25.7 Å². The van der Waals surface area contributed by atoms with Crippen LogP contribution in [0.15, 0.2) is 0 Å². The Bertz CT molecular complexity index is 1340.